The highest BCUT2D eigenvalue weighted by molar-refractivity contribution is 6.83. The Morgan fingerprint density at radius 1 is 1.05 bits per heavy atom. The molecule has 0 spiro atoms. The van der Waals surface area contributed by atoms with Gasteiger partial charge in [0, 0.05) is 24.5 Å². The van der Waals surface area contributed by atoms with Crippen molar-refractivity contribution in [1.82, 2.24) is 0 Å². The molecule has 0 atom stereocenters. The van der Waals surface area contributed by atoms with E-state index in [0.717, 1.165) is 19.3 Å². The molecule has 1 aromatic carbocycles. The molecule has 0 radical (unpaired) electrons. The van der Waals surface area contributed by atoms with Crippen molar-refractivity contribution in [3.63, 3.8) is 0 Å². The van der Waals surface area contributed by atoms with Crippen LogP contribution in [0.15, 0.2) is 18.2 Å². The molecule has 0 N–H and O–H groups in total. The van der Waals surface area contributed by atoms with Gasteiger partial charge >= 0.3 is 0 Å². The van der Waals surface area contributed by atoms with Crippen LogP contribution in [-0.2, 0) is 0 Å². The third-order valence-corrected chi connectivity index (χ3v) is 4.02. The van der Waals surface area contributed by atoms with Crippen molar-refractivity contribution in [1.29, 1.82) is 0 Å². The molecule has 4 heteroatoms. The zero-order valence-electron chi connectivity index (χ0n) is 14.3. The number of carbonyl (C=O) groups excluding carboxylic acids is 1. The molecule has 0 aliphatic carbocycles. The van der Waals surface area contributed by atoms with Crippen LogP contribution < -0.4 is 9.47 Å². The normalized spacial score (nSPS) is 10.6. The molecular formula is C18H26O3Si. The van der Waals surface area contributed by atoms with E-state index >= 15 is 0 Å². The molecule has 0 heterocycles. The molecule has 0 bridgehead atoms. The summed E-state index contributed by atoms with van der Waals surface area (Å²) in [5.74, 6) is 4.64. The van der Waals surface area contributed by atoms with E-state index in [-0.39, 0.29) is 5.78 Å². The Labute approximate surface area is 135 Å². The van der Waals surface area contributed by atoms with Crippen LogP contribution in [-0.4, -0.2) is 28.1 Å². The highest BCUT2D eigenvalue weighted by atomic mass is 28.3. The van der Waals surface area contributed by atoms with Crippen molar-refractivity contribution in [2.24, 2.45) is 0 Å². The third-order valence-electron chi connectivity index (χ3n) is 3.09. The molecule has 0 aliphatic heterocycles. The average Bonchev–Trinajstić information content (AvgIpc) is 2.48. The van der Waals surface area contributed by atoms with Gasteiger partial charge in [-0.1, -0.05) is 19.6 Å². The summed E-state index contributed by atoms with van der Waals surface area (Å²) in [6.07, 6.45) is 3.23. The number of benzene rings is 1. The van der Waals surface area contributed by atoms with Crippen LogP contribution in [0.4, 0.5) is 0 Å². The number of Topliss-reactive ketones (excluding diaryl/α,β-unsaturated/α-hetero) is 1. The largest absolute Gasteiger partial charge is 0.497 e. The Morgan fingerprint density at radius 3 is 2.14 bits per heavy atom. The maximum absolute atomic E-state index is 12.2. The Kier molecular flexibility index (Phi) is 7.20. The minimum absolute atomic E-state index is 0.121. The first-order chi connectivity index (χ1) is 10.4. The van der Waals surface area contributed by atoms with Crippen LogP contribution in [0.2, 0.25) is 19.6 Å². The lowest BCUT2D eigenvalue weighted by molar-refractivity contribution is 0.0979. The van der Waals surface area contributed by atoms with E-state index in [0.29, 0.717) is 23.5 Å². The van der Waals surface area contributed by atoms with Crippen LogP contribution in [0, 0.1) is 11.5 Å². The number of ether oxygens (including phenoxy) is 2. The van der Waals surface area contributed by atoms with Crippen LogP contribution in [0.1, 0.15) is 36.0 Å². The summed E-state index contributed by atoms with van der Waals surface area (Å²) in [6, 6.07) is 5.29. The van der Waals surface area contributed by atoms with E-state index in [1.807, 2.05) is 0 Å². The van der Waals surface area contributed by atoms with Crippen molar-refractivity contribution in [2.45, 2.75) is 45.3 Å². The fourth-order valence-electron chi connectivity index (χ4n) is 1.94. The number of hydrogen-bond donors (Lipinski definition) is 0. The molecule has 0 fully saturated rings. The van der Waals surface area contributed by atoms with Gasteiger partial charge in [-0.25, -0.2) is 0 Å². The zero-order valence-corrected chi connectivity index (χ0v) is 15.3. The fourth-order valence-corrected chi connectivity index (χ4v) is 2.59. The van der Waals surface area contributed by atoms with Gasteiger partial charge in [-0.2, -0.15) is 0 Å². The summed E-state index contributed by atoms with van der Waals surface area (Å²) in [5.41, 5.74) is 3.99. The van der Waals surface area contributed by atoms with Crippen molar-refractivity contribution >= 4 is 13.9 Å². The molecule has 0 aliphatic rings. The van der Waals surface area contributed by atoms with Gasteiger partial charge in [0.15, 0.2) is 5.78 Å². The van der Waals surface area contributed by atoms with Gasteiger partial charge in [0.05, 0.1) is 14.2 Å². The second kappa shape index (κ2) is 8.65. The molecule has 120 valence electrons. The molecule has 3 nitrogen and oxygen atoms in total. The quantitative estimate of drug-likeness (QED) is 0.325. The minimum atomic E-state index is -1.27. The molecule has 0 aromatic heterocycles. The SMILES string of the molecule is COc1cc(OC)cc(C(=O)CCCCC#C[Si](C)(C)C)c1. The fraction of sp³-hybridized carbons (Fsp3) is 0.500. The van der Waals surface area contributed by atoms with Gasteiger partial charge in [-0.05, 0) is 25.0 Å². The van der Waals surface area contributed by atoms with E-state index in [4.69, 9.17) is 9.47 Å². The molecule has 0 saturated carbocycles. The lowest BCUT2D eigenvalue weighted by Gasteiger charge is -2.07. The second-order valence-corrected chi connectivity index (χ2v) is 11.0. The van der Waals surface area contributed by atoms with E-state index in [1.165, 1.54) is 0 Å². The van der Waals surface area contributed by atoms with Gasteiger partial charge in [-0.3, -0.25) is 4.79 Å². The van der Waals surface area contributed by atoms with Crippen molar-refractivity contribution < 1.29 is 14.3 Å². The first-order valence-corrected chi connectivity index (χ1v) is 11.1. The highest BCUT2D eigenvalue weighted by Crippen LogP contribution is 2.23. The summed E-state index contributed by atoms with van der Waals surface area (Å²) in [4.78, 5) is 12.2. The summed E-state index contributed by atoms with van der Waals surface area (Å²) in [6.45, 7) is 6.71. The predicted molar refractivity (Wildman–Crippen MR) is 93.5 cm³/mol. The van der Waals surface area contributed by atoms with E-state index < -0.39 is 8.07 Å². The van der Waals surface area contributed by atoms with Crippen LogP contribution in [0.5, 0.6) is 11.5 Å². The number of ketones is 1. The number of carbonyl (C=O) groups is 1. The standard InChI is InChI=1S/C18H26O3Si/c1-20-16-12-15(13-17(14-16)21-2)18(19)10-8-6-7-9-11-22(3,4)5/h12-14H,6-8,10H2,1-5H3. The van der Waals surface area contributed by atoms with Crippen LogP contribution >= 0.6 is 0 Å². The number of hydrogen-bond acceptors (Lipinski definition) is 3. The number of methoxy groups -OCH3 is 2. The first kappa shape index (κ1) is 18.3. The van der Waals surface area contributed by atoms with Crippen molar-refractivity contribution in [3.05, 3.63) is 23.8 Å². The summed E-state index contributed by atoms with van der Waals surface area (Å²) in [5, 5.41) is 0. The maximum atomic E-state index is 12.2. The number of unbranched alkanes of at least 4 members (excludes halogenated alkanes) is 2. The third kappa shape index (κ3) is 6.82. The molecule has 0 saturated heterocycles. The second-order valence-electron chi connectivity index (χ2n) is 6.28. The molecule has 1 aromatic rings. The van der Waals surface area contributed by atoms with Gasteiger partial charge in [-0.15, -0.1) is 11.5 Å². The summed E-state index contributed by atoms with van der Waals surface area (Å²) >= 11 is 0. The van der Waals surface area contributed by atoms with Gasteiger partial charge in [0.25, 0.3) is 0 Å². The lowest BCUT2D eigenvalue weighted by Crippen LogP contribution is -2.16. The summed E-state index contributed by atoms with van der Waals surface area (Å²) < 4.78 is 10.4. The Bertz CT molecular complexity index is 540. The van der Waals surface area contributed by atoms with E-state index in [1.54, 1.807) is 32.4 Å². The van der Waals surface area contributed by atoms with Crippen LogP contribution in [0.25, 0.3) is 0 Å². The Morgan fingerprint density at radius 2 is 1.64 bits per heavy atom. The van der Waals surface area contributed by atoms with Crippen molar-refractivity contribution in [3.8, 4) is 23.0 Å². The first-order valence-electron chi connectivity index (χ1n) is 7.62. The average molecular weight is 318 g/mol. The highest BCUT2D eigenvalue weighted by Gasteiger charge is 2.10. The van der Waals surface area contributed by atoms with Crippen molar-refractivity contribution in [2.75, 3.05) is 14.2 Å². The Hall–Kier alpha value is -1.73. The predicted octanol–water partition coefficient (Wildman–Crippen LogP) is 4.33. The van der Waals surface area contributed by atoms with E-state index in [9.17, 15) is 4.79 Å². The van der Waals surface area contributed by atoms with Crippen LogP contribution in [0.3, 0.4) is 0 Å². The van der Waals surface area contributed by atoms with Gasteiger partial charge < -0.3 is 9.47 Å². The van der Waals surface area contributed by atoms with Gasteiger partial charge in [0.2, 0.25) is 0 Å². The smallest absolute Gasteiger partial charge is 0.163 e. The Balaban J connectivity index is 2.50. The maximum Gasteiger partial charge on any atom is 0.163 e. The molecule has 1 rings (SSSR count). The zero-order chi connectivity index (χ0) is 16.6. The minimum Gasteiger partial charge on any atom is -0.497 e. The molecule has 0 amide bonds. The monoisotopic (exact) mass is 318 g/mol. The molecule has 0 unspecified atom stereocenters. The van der Waals surface area contributed by atoms with E-state index in [2.05, 4.69) is 31.1 Å². The molecule has 22 heavy (non-hydrogen) atoms. The molecular weight excluding hydrogens is 292 g/mol. The summed E-state index contributed by atoms with van der Waals surface area (Å²) in [7, 11) is 1.90. The number of rotatable bonds is 7. The topological polar surface area (TPSA) is 35.5 Å². The van der Waals surface area contributed by atoms with Gasteiger partial charge in [0.1, 0.15) is 19.6 Å². The lowest BCUT2D eigenvalue weighted by atomic mass is 10.0.